The first kappa shape index (κ1) is 29.7. The summed E-state index contributed by atoms with van der Waals surface area (Å²) in [7, 11) is 0. The average Bonchev–Trinajstić information content (AvgIpc) is 2.75. The van der Waals surface area contributed by atoms with E-state index in [0.29, 0.717) is 6.04 Å². The standard InChI is InChI=1S/C29H59N/c1-3-5-7-9-11-12-13-14-15-16-17-18-19-20-22-24-26-28-29(30)27-25-23-21-10-8-6-4-2/h14-15,29H,3-13,16-28,30H2,1-2H3. The Hall–Kier alpha value is -0.300. The summed E-state index contributed by atoms with van der Waals surface area (Å²) in [5.74, 6) is 0. The maximum atomic E-state index is 6.30. The fourth-order valence-electron chi connectivity index (χ4n) is 4.34. The maximum Gasteiger partial charge on any atom is 0.00388 e. The fraction of sp³-hybridized carbons (Fsp3) is 0.931. The molecule has 1 unspecified atom stereocenters. The molecule has 30 heavy (non-hydrogen) atoms. The molecule has 1 atom stereocenters. The SMILES string of the molecule is CCCCCCCCC=CCCCCCCCCCC(N)CCCCCCCCC. The molecule has 0 aliphatic carbocycles. The normalized spacial score (nSPS) is 12.8. The monoisotopic (exact) mass is 421 g/mol. The van der Waals surface area contributed by atoms with Gasteiger partial charge in [0.05, 0.1) is 0 Å². The molecule has 0 rings (SSSR count). The number of allylic oxidation sites excluding steroid dienone is 2. The van der Waals surface area contributed by atoms with Crippen molar-refractivity contribution < 1.29 is 0 Å². The van der Waals surface area contributed by atoms with Gasteiger partial charge in [-0.05, 0) is 38.5 Å². The second kappa shape index (κ2) is 26.7. The lowest BCUT2D eigenvalue weighted by Gasteiger charge is -2.11. The van der Waals surface area contributed by atoms with Crippen molar-refractivity contribution in [3.63, 3.8) is 0 Å². The van der Waals surface area contributed by atoms with Crippen LogP contribution in [0, 0.1) is 0 Å². The number of hydrogen-bond donors (Lipinski definition) is 1. The minimum Gasteiger partial charge on any atom is -0.328 e. The van der Waals surface area contributed by atoms with Gasteiger partial charge in [0.2, 0.25) is 0 Å². The molecule has 0 spiro atoms. The molecule has 0 saturated heterocycles. The first-order valence-electron chi connectivity index (χ1n) is 14.2. The fourth-order valence-corrected chi connectivity index (χ4v) is 4.34. The maximum absolute atomic E-state index is 6.30. The van der Waals surface area contributed by atoms with Gasteiger partial charge in [0.15, 0.2) is 0 Å². The highest BCUT2D eigenvalue weighted by molar-refractivity contribution is 4.81. The van der Waals surface area contributed by atoms with Gasteiger partial charge >= 0.3 is 0 Å². The minimum atomic E-state index is 0.462. The third-order valence-corrected chi connectivity index (χ3v) is 6.52. The molecule has 0 aromatic rings. The molecule has 1 heteroatoms. The third kappa shape index (κ3) is 25.7. The summed E-state index contributed by atoms with van der Waals surface area (Å²) < 4.78 is 0. The Morgan fingerprint density at radius 2 is 0.733 bits per heavy atom. The predicted molar refractivity (Wildman–Crippen MR) is 139 cm³/mol. The number of unbranched alkanes of at least 4 members (excludes halogenated alkanes) is 19. The Kier molecular flexibility index (Phi) is 26.5. The summed E-state index contributed by atoms with van der Waals surface area (Å²) in [6, 6.07) is 0.462. The van der Waals surface area contributed by atoms with Crippen molar-refractivity contribution in [1.29, 1.82) is 0 Å². The Bertz CT molecular complexity index is 322. The van der Waals surface area contributed by atoms with Crippen molar-refractivity contribution in [3.8, 4) is 0 Å². The summed E-state index contributed by atoms with van der Waals surface area (Å²) in [6.07, 6.45) is 38.0. The summed E-state index contributed by atoms with van der Waals surface area (Å²) >= 11 is 0. The van der Waals surface area contributed by atoms with Gasteiger partial charge in [-0.15, -0.1) is 0 Å². The van der Waals surface area contributed by atoms with Gasteiger partial charge in [0.25, 0.3) is 0 Å². The first-order chi connectivity index (χ1) is 14.8. The molecular formula is C29H59N. The van der Waals surface area contributed by atoms with E-state index >= 15 is 0 Å². The molecule has 0 amide bonds. The second-order valence-corrected chi connectivity index (χ2v) is 9.75. The van der Waals surface area contributed by atoms with Crippen LogP contribution in [0.1, 0.15) is 168 Å². The van der Waals surface area contributed by atoms with E-state index in [1.54, 1.807) is 0 Å². The van der Waals surface area contributed by atoms with Crippen molar-refractivity contribution in [2.75, 3.05) is 0 Å². The predicted octanol–water partition coefficient (Wildman–Crippen LogP) is 10.3. The molecule has 2 N–H and O–H groups in total. The molecule has 0 aromatic carbocycles. The van der Waals surface area contributed by atoms with E-state index < -0.39 is 0 Å². The lowest BCUT2D eigenvalue weighted by Crippen LogP contribution is -2.19. The van der Waals surface area contributed by atoms with Crippen LogP contribution in [0.5, 0.6) is 0 Å². The molecule has 0 aliphatic heterocycles. The molecule has 0 aliphatic rings. The summed E-state index contributed by atoms with van der Waals surface area (Å²) in [6.45, 7) is 4.58. The van der Waals surface area contributed by atoms with Gasteiger partial charge in [-0.25, -0.2) is 0 Å². The topological polar surface area (TPSA) is 26.0 Å². The zero-order valence-corrected chi connectivity index (χ0v) is 21.3. The molecule has 0 aromatic heterocycles. The largest absolute Gasteiger partial charge is 0.328 e. The Labute approximate surface area is 192 Å². The van der Waals surface area contributed by atoms with Crippen LogP contribution in [-0.4, -0.2) is 6.04 Å². The molecule has 0 fully saturated rings. The van der Waals surface area contributed by atoms with Gasteiger partial charge in [0, 0.05) is 6.04 Å². The Balaban J connectivity index is 3.17. The molecule has 0 bridgehead atoms. The minimum absolute atomic E-state index is 0.462. The second-order valence-electron chi connectivity index (χ2n) is 9.75. The molecule has 180 valence electrons. The van der Waals surface area contributed by atoms with Gasteiger partial charge in [-0.3, -0.25) is 0 Å². The van der Waals surface area contributed by atoms with E-state index in [2.05, 4.69) is 26.0 Å². The molecule has 0 radical (unpaired) electrons. The van der Waals surface area contributed by atoms with Crippen LogP contribution in [0.4, 0.5) is 0 Å². The van der Waals surface area contributed by atoms with E-state index in [1.807, 2.05) is 0 Å². The van der Waals surface area contributed by atoms with Crippen molar-refractivity contribution in [3.05, 3.63) is 12.2 Å². The van der Waals surface area contributed by atoms with E-state index in [4.69, 9.17) is 5.73 Å². The molecule has 0 heterocycles. The summed E-state index contributed by atoms with van der Waals surface area (Å²) in [5.41, 5.74) is 6.30. The molecular weight excluding hydrogens is 362 g/mol. The summed E-state index contributed by atoms with van der Waals surface area (Å²) in [5, 5.41) is 0. The van der Waals surface area contributed by atoms with Crippen LogP contribution in [0.15, 0.2) is 12.2 Å². The van der Waals surface area contributed by atoms with E-state index in [0.717, 1.165) is 0 Å². The highest BCUT2D eigenvalue weighted by Gasteiger charge is 2.02. The van der Waals surface area contributed by atoms with Crippen molar-refractivity contribution in [2.24, 2.45) is 5.73 Å². The van der Waals surface area contributed by atoms with Crippen molar-refractivity contribution in [1.82, 2.24) is 0 Å². The smallest absolute Gasteiger partial charge is 0.00388 e. The van der Waals surface area contributed by atoms with E-state index in [9.17, 15) is 0 Å². The van der Waals surface area contributed by atoms with Crippen molar-refractivity contribution in [2.45, 2.75) is 174 Å². The highest BCUT2D eigenvalue weighted by atomic mass is 14.6. The van der Waals surface area contributed by atoms with Crippen LogP contribution in [0.25, 0.3) is 0 Å². The zero-order chi connectivity index (χ0) is 22.0. The third-order valence-electron chi connectivity index (χ3n) is 6.52. The lowest BCUT2D eigenvalue weighted by atomic mass is 10.0. The van der Waals surface area contributed by atoms with Crippen LogP contribution in [-0.2, 0) is 0 Å². The first-order valence-corrected chi connectivity index (χ1v) is 14.2. The Morgan fingerprint density at radius 1 is 0.433 bits per heavy atom. The lowest BCUT2D eigenvalue weighted by molar-refractivity contribution is 0.481. The van der Waals surface area contributed by atoms with Crippen LogP contribution in [0.3, 0.4) is 0 Å². The molecule has 0 saturated carbocycles. The average molecular weight is 422 g/mol. The quantitative estimate of drug-likeness (QED) is 0.115. The van der Waals surface area contributed by atoms with Gasteiger partial charge in [-0.1, -0.05) is 142 Å². The van der Waals surface area contributed by atoms with Gasteiger partial charge in [0.1, 0.15) is 0 Å². The van der Waals surface area contributed by atoms with E-state index in [1.165, 1.54) is 154 Å². The summed E-state index contributed by atoms with van der Waals surface area (Å²) in [4.78, 5) is 0. The number of hydrogen-bond acceptors (Lipinski definition) is 1. The van der Waals surface area contributed by atoms with Crippen LogP contribution in [0.2, 0.25) is 0 Å². The highest BCUT2D eigenvalue weighted by Crippen LogP contribution is 2.14. The van der Waals surface area contributed by atoms with Crippen LogP contribution >= 0.6 is 0 Å². The van der Waals surface area contributed by atoms with Crippen molar-refractivity contribution >= 4 is 0 Å². The van der Waals surface area contributed by atoms with E-state index in [-0.39, 0.29) is 0 Å². The van der Waals surface area contributed by atoms with Gasteiger partial charge < -0.3 is 5.73 Å². The Morgan fingerprint density at radius 3 is 1.10 bits per heavy atom. The van der Waals surface area contributed by atoms with Crippen LogP contribution < -0.4 is 5.73 Å². The zero-order valence-electron chi connectivity index (χ0n) is 21.3. The number of rotatable bonds is 25. The number of nitrogens with two attached hydrogens (primary N) is 1. The van der Waals surface area contributed by atoms with Gasteiger partial charge in [-0.2, -0.15) is 0 Å². The molecule has 1 nitrogen and oxygen atoms in total.